The van der Waals surface area contributed by atoms with Gasteiger partial charge in [0.2, 0.25) is 5.91 Å². The summed E-state index contributed by atoms with van der Waals surface area (Å²) in [7, 11) is 0. The number of halogens is 1. The van der Waals surface area contributed by atoms with E-state index in [4.69, 9.17) is 4.74 Å². The van der Waals surface area contributed by atoms with E-state index in [2.05, 4.69) is 26.2 Å². The van der Waals surface area contributed by atoms with E-state index in [1.54, 1.807) is 30.2 Å². The van der Waals surface area contributed by atoms with Gasteiger partial charge in [0.05, 0.1) is 5.69 Å². The molecular formula is C17H16BrN3O3. The summed E-state index contributed by atoms with van der Waals surface area (Å²) in [5.41, 5.74) is 0.690. The van der Waals surface area contributed by atoms with E-state index in [0.717, 1.165) is 4.47 Å². The van der Waals surface area contributed by atoms with Crippen molar-refractivity contribution in [2.24, 2.45) is 0 Å². The summed E-state index contributed by atoms with van der Waals surface area (Å²) in [5, 5.41) is 2.72. The number of rotatable bonds is 4. The van der Waals surface area contributed by atoms with E-state index >= 15 is 0 Å². The summed E-state index contributed by atoms with van der Waals surface area (Å²) in [4.78, 5) is 30.1. The molecule has 0 spiro atoms. The Hall–Kier alpha value is -2.41. The zero-order valence-electron chi connectivity index (χ0n) is 13.0. The molecule has 2 aromatic rings. The largest absolute Gasteiger partial charge is 0.479 e. The van der Waals surface area contributed by atoms with E-state index in [1.807, 2.05) is 24.3 Å². The second kappa shape index (κ2) is 7.00. The first kappa shape index (κ1) is 16.4. The first-order chi connectivity index (χ1) is 11.5. The van der Waals surface area contributed by atoms with E-state index in [9.17, 15) is 9.59 Å². The van der Waals surface area contributed by atoms with E-state index in [1.165, 1.54) is 0 Å². The van der Waals surface area contributed by atoms with Crippen molar-refractivity contribution in [3.63, 3.8) is 0 Å². The molecule has 2 amide bonds. The molecule has 124 valence electrons. The van der Waals surface area contributed by atoms with Gasteiger partial charge in [-0.05, 0) is 47.1 Å². The summed E-state index contributed by atoms with van der Waals surface area (Å²) in [5.74, 6) is 0.780. The van der Waals surface area contributed by atoms with Gasteiger partial charge in [-0.2, -0.15) is 0 Å². The Kier molecular flexibility index (Phi) is 4.80. The Labute approximate surface area is 148 Å². The number of para-hydroxylation sites is 2. The number of hydrogen-bond donors (Lipinski definition) is 1. The quantitative estimate of drug-likeness (QED) is 0.872. The van der Waals surface area contributed by atoms with Gasteiger partial charge in [-0.3, -0.25) is 9.59 Å². The van der Waals surface area contributed by atoms with Crippen LogP contribution >= 0.6 is 15.9 Å². The molecule has 0 aliphatic carbocycles. The van der Waals surface area contributed by atoms with E-state index < -0.39 is 6.10 Å². The number of benzene rings is 1. The van der Waals surface area contributed by atoms with E-state index in [-0.39, 0.29) is 24.8 Å². The Morgan fingerprint density at radius 1 is 1.33 bits per heavy atom. The molecule has 1 aliphatic rings. The van der Waals surface area contributed by atoms with Crippen LogP contribution in [0.5, 0.6) is 5.75 Å². The maximum Gasteiger partial charge on any atom is 0.267 e. The predicted octanol–water partition coefficient (Wildman–Crippen LogP) is 2.99. The minimum Gasteiger partial charge on any atom is -0.479 e. The molecule has 1 atom stereocenters. The van der Waals surface area contributed by atoms with Crippen molar-refractivity contribution in [1.82, 2.24) is 4.98 Å². The van der Waals surface area contributed by atoms with Crippen LogP contribution in [0.4, 0.5) is 11.5 Å². The lowest BCUT2D eigenvalue weighted by atomic mass is 10.1. The SMILES string of the molecule is C[C@H]1Oc2ccccc2N(CCC(=O)Nc2ccc(Br)cn2)C1=O. The molecule has 2 heterocycles. The molecule has 0 bridgehead atoms. The van der Waals surface area contributed by atoms with Crippen LogP contribution in [0.15, 0.2) is 47.1 Å². The third kappa shape index (κ3) is 3.56. The first-order valence-electron chi connectivity index (χ1n) is 7.53. The molecule has 24 heavy (non-hydrogen) atoms. The van der Waals surface area contributed by atoms with Gasteiger partial charge in [-0.1, -0.05) is 12.1 Å². The van der Waals surface area contributed by atoms with Crippen LogP contribution in [-0.4, -0.2) is 29.4 Å². The standard InChI is InChI=1S/C17H16BrN3O3/c1-11-17(23)21(13-4-2-3-5-14(13)24-11)9-8-16(22)20-15-7-6-12(18)10-19-15/h2-7,10-11H,8-9H2,1H3,(H,19,20,22)/t11-/m1/s1. The zero-order chi connectivity index (χ0) is 17.1. The maximum atomic E-state index is 12.3. The lowest BCUT2D eigenvalue weighted by Crippen LogP contribution is -2.45. The van der Waals surface area contributed by atoms with Crippen molar-refractivity contribution < 1.29 is 14.3 Å². The smallest absolute Gasteiger partial charge is 0.267 e. The van der Waals surface area contributed by atoms with Gasteiger partial charge in [-0.15, -0.1) is 0 Å². The Balaban J connectivity index is 1.66. The number of anilines is 2. The molecule has 0 unspecified atom stereocenters. The van der Waals surface area contributed by atoms with Crippen molar-refractivity contribution in [3.05, 3.63) is 47.1 Å². The number of nitrogens with one attached hydrogen (secondary N) is 1. The molecule has 3 rings (SSSR count). The fourth-order valence-corrected chi connectivity index (χ4v) is 2.69. The minimum atomic E-state index is -0.559. The average molecular weight is 390 g/mol. The molecular weight excluding hydrogens is 374 g/mol. The highest BCUT2D eigenvalue weighted by atomic mass is 79.9. The lowest BCUT2D eigenvalue weighted by Gasteiger charge is -2.32. The summed E-state index contributed by atoms with van der Waals surface area (Å²) in [6.45, 7) is 1.99. The number of amides is 2. The highest BCUT2D eigenvalue weighted by molar-refractivity contribution is 9.10. The van der Waals surface area contributed by atoms with Crippen LogP contribution in [-0.2, 0) is 9.59 Å². The van der Waals surface area contributed by atoms with Gasteiger partial charge < -0.3 is 15.0 Å². The number of nitrogens with zero attached hydrogens (tertiary/aromatic N) is 2. The lowest BCUT2D eigenvalue weighted by molar-refractivity contribution is -0.125. The molecule has 1 aromatic carbocycles. The van der Waals surface area contributed by atoms with Gasteiger partial charge in [0, 0.05) is 23.6 Å². The molecule has 7 heteroatoms. The van der Waals surface area contributed by atoms with Crippen LogP contribution in [0.2, 0.25) is 0 Å². The summed E-state index contributed by atoms with van der Waals surface area (Å²) in [6.07, 6.45) is 1.22. The third-order valence-corrected chi connectivity index (χ3v) is 4.10. The van der Waals surface area contributed by atoms with Crippen LogP contribution < -0.4 is 15.0 Å². The fourth-order valence-electron chi connectivity index (χ4n) is 2.46. The zero-order valence-corrected chi connectivity index (χ0v) is 14.6. The van der Waals surface area contributed by atoms with Gasteiger partial charge in [0.1, 0.15) is 11.6 Å². The van der Waals surface area contributed by atoms with Crippen molar-refractivity contribution >= 4 is 39.2 Å². The number of carbonyl (C=O) groups excluding carboxylic acids is 2. The van der Waals surface area contributed by atoms with Crippen molar-refractivity contribution in [1.29, 1.82) is 0 Å². The summed E-state index contributed by atoms with van der Waals surface area (Å²) in [6, 6.07) is 10.8. The molecule has 0 saturated carbocycles. The molecule has 1 aliphatic heterocycles. The monoisotopic (exact) mass is 389 g/mol. The van der Waals surface area contributed by atoms with Crippen LogP contribution in [0.1, 0.15) is 13.3 Å². The Morgan fingerprint density at radius 3 is 2.88 bits per heavy atom. The highest BCUT2D eigenvalue weighted by Gasteiger charge is 2.31. The second-order valence-electron chi connectivity index (χ2n) is 5.38. The fraction of sp³-hybridized carbons (Fsp3) is 0.235. The van der Waals surface area contributed by atoms with Gasteiger partial charge in [0.15, 0.2) is 6.10 Å². The van der Waals surface area contributed by atoms with Crippen LogP contribution in [0.25, 0.3) is 0 Å². The second-order valence-corrected chi connectivity index (χ2v) is 6.29. The molecule has 0 radical (unpaired) electrons. The van der Waals surface area contributed by atoms with Crippen molar-refractivity contribution in [3.8, 4) is 5.75 Å². The van der Waals surface area contributed by atoms with Crippen LogP contribution in [0, 0.1) is 0 Å². The summed E-state index contributed by atoms with van der Waals surface area (Å²) < 4.78 is 6.42. The predicted molar refractivity (Wildman–Crippen MR) is 94.1 cm³/mol. The Bertz CT molecular complexity index is 764. The topological polar surface area (TPSA) is 71.5 Å². The minimum absolute atomic E-state index is 0.150. The van der Waals surface area contributed by atoms with Crippen molar-refractivity contribution in [2.45, 2.75) is 19.4 Å². The van der Waals surface area contributed by atoms with Crippen molar-refractivity contribution in [2.75, 3.05) is 16.8 Å². The number of carbonyl (C=O) groups is 2. The van der Waals surface area contributed by atoms with Gasteiger partial charge in [0.25, 0.3) is 5.91 Å². The number of fused-ring (bicyclic) bond motifs is 1. The molecule has 0 fully saturated rings. The van der Waals surface area contributed by atoms with E-state index in [0.29, 0.717) is 17.3 Å². The summed E-state index contributed by atoms with van der Waals surface area (Å²) >= 11 is 3.29. The van der Waals surface area contributed by atoms with Gasteiger partial charge >= 0.3 is 0 Å². The number of pyridine rings is 1. The number of hydrogen-bond acceptors (Lipinski definition) is 4. The molecule has 6 nitrogen and oxygen atoms in total. The average Bonchev–Trinajstić information content (AvgIpc) is 2.57. The molecule has 1 N–H and O–H groups in total. The number of ether oxygens (including phenoxy) is 1. The molecule has 0 saturated heterocycles. The number of aromatic nitrogens is 1. The highest BCUT2D eigenvalue weighted by Crippen LogP contribution is 2.33. The molecule has 1 aromatic heterocycles. The first-order valence-corrected chi connectivity index (χ1v) is 8.32. The Morgan fingerprint density at radius 2 is 2.12 bits per heavy atom. The van der Waals surface area contributed by atoms with Crippen LogP contribution in [0.3, 0.4) is 0 Å². The normalized spacial score (nSPS) is 16.3. The third-order valence-electron chi connectivity index (χ3n) is 3.63. The van der Waals surface area contributed by atoms with Gasteiger partial charge in [-0.25, -0.2) is 4.98 Å². The maximum absolute atomic E-state index is 12.3.